The van der Waals surface area contributed by atoms with Gasteiger partial charge in [0.25, 0.3) is 0 Å². The van der Waals surface area contributed by atoms with Gasteiger partial charge in [0.2, 0.25) is 5.91 Å². The van der Waals surface area contributed by atoms with Crippen molar-refractivity contribution in [3.05, 3.63) is 69.4 Å². The third kappa shape index (κ3) is 10.0. The molecule has 2 heterocycles. The molecule has 0 spiro atoms. The first-order chi connectivity index (χ1) is 19.2. The fourth-order valence-electron chi connectivity index (χ4n) is 4.42. The van der Waals surface area contributed by atoms with E-state index < -0.39 is 30.5 Å². The number of benzene rings is 1. The second-order valence-electron chi connectivity index (χ2n) is 9.31. The van der Waals surface area contributed by atoms with Gasteiger partial charge in [-0.2, -0.15) is 13.2 Å². The van der Waals surface area contributed by atoms with Crippen LogP contribution in [-0.2, 0) is 44.9 Å². The second kappa shape index (κ2) is 15.1. The van der Waals surface area contributed by atoms with Gasteiger partial charge in [-0.3, -0.25) is 14.6 Å². The van der Waals surface area contributed by atoms with Crippen molar-refractivity contribution in [3.63, 3.8) is 0 Å². The number of nitrogens with zero attached hydrogens (tertiary/aromatic N) is 5. The Kier molecular flexibility index (Phi) is 11.6. The third-order valence-corrected chi connectivity index (χ3v) is 6.29. The molecule has 0 bridgehead atoms. The minimum atomic E-state index is -4.58. The van der Waals surface area contributed by atoms with Gasteiger partial charge in [-0.05, 0) is 60.2 Å². The highest BCUT2D eigenvalue weighted by atomic mass is 19.4. The zero-order chi connectivity index (χ0) is 29.0. The topological polar surface area (TPSA) is 127 Å². The van der Waals surface area contributed by atoms with Crippen LogP contribution in [0.2, 0.25) is 0 Å². The van der Waals surface area contributed by atoms with Crippen LogP contribution in [0.25, 0.3) is 10.4 Å². The van der Waals surface area contributed by atoms with Crippen molar-refractivity contribution in [1.29, 1.82) is 0 Å². The maximum atomic E-state index is 13.2. The lowest BCUT2D eigenvalue weighted by Gasteiger charge is -2.25. The maximum Gasteiger partial charge on any atom is 0.406 e. The van der Waals surface area contributed by atoms with E-state index in [0.29, 0.717) is 49.7 Å². The summed E-state index contributed by atoms with van der Waals surface area (Å²) in [6, 6.07) is 10.8. The van der Waals surface area contributed by atoms with E-state index in [9.17, 15) is 22.8 Å². The molecule has 216 valence electrons. The van der Waals surface area contributed by atoms with E-state index in [1.54, 1.807) is 18.2 Å². The predicted molar refractivity (Wildman–Crippen MR) is 138 cm³/mol. The molecule has 1 aromatic carbocycles. The first-order valence-corrected chi connectivity index (χ1v) is 12.9. The number of azide groups is 1. The number of fused-ring (bicyclic) bond motifs is 1. The van der Waals surface area contributed by atoms with Gasteiger partial charge in [0.1, 0.15) is 12.3 Å². The zero-order valence-electron chi connectivity index (χ0n) is 22.2. The number of esters is 1. The molecular formula is C27H32F3N5O5. The highest BCUT2D eigenvalue weighted by molar-refractivity contribution is 5.84. The third-order valence-electron chi connectivity index (χ3n) is 6.29. The summed E-state index contributed by atoms with van der Waals surface area (Å²) >= 11 is 0. The van der Waals surface area contributed by atoms with Gasteiger partial charge in [0.05, 0.1) is 32.7 Å². The monoisotopic (exact) mass is 563 g/mol. The summed E-state index contributed by atoms with van der Waals surface area (Å²) in [5.74, 6) is -1.85. The van der Waals surface area contributed by atoms with E-state index in [0.717, 1.165) is 29.1 Å². The van der Waals surface area contributed by atoms with Crippen molar-refractivity contribution >= 4 is 11.9 Å². The number of carbonyl (C=O) groups is 2. The van der Waals surface area contributed by atoms with Gasteiger partial charge in [0, 0.05) is 42.4 Å². The average molecular weight is 564 g/mol. The van der Waals surface area contributed by atoms with Gasteiger partial charge in [0.15, 0.2) is 0 Å². The van der Waals surface area contributed by atoms with Crippen LogP contribution in [-0.4, -0.2) is 68.0 Å². The summed E-state index contributed by atoms with van der Waals surface area (Å²) in [5, 5.41) is 3.41. The van der Waals surface area contributed by atoms with Crippen LogP contribution in [0.1, 0.15) is 35.4 Å². The molecule has 0 radical (unpaired) electrons. The molecule has 3 rings (SSSR count). The lowest BCUT2D eigenvalue weighted by molar-refractivity contribution is -0.165. The second-order valence-corrected chi connectivity index (χ2v) is 9.31. The zero-order valence-corrected chi connectivity index (χ0v) is 22.2. The number of aryl methyl sites for hydroxylation is 1. The van der Waals surface area contributed by atoms with Crippen LogP contribution in [0, 0.1) is 5.92 Å². The van der Waals surface area contributed by atoms with Gasteiger partial charge in [-0.1, -0.05) is 17.2 Å². The summed E-state index contributed by atoms with van der Waals surface area (Å²) in [7, 11) is 1.17. The van der Waals surface area contributed by atoms with Crippen molar-refractivity contribution < 1.29 is 37.0 Å². The first-order valence-electron chi connectivity index (χ1n) is 12.9. The number of hydrogen-bond donors (Lipinski definition) is 0. The summed E-state index contributed by atoms with van der Waals surface area (Å²) in [6.45, 7) is -0.131. The predicted octanol–water partition coefficient (Wildman–Crippen LogP) is 4.59. The average Bonchev–Trinajstić information content (AvgIpc) is 3.03. The van der Waals surface area contributed by atoms with E-state index in [4.69, 9.17) is 15.0 Å². The van der Waals surface area contributed by atoms with Crippen LogP contribution < -0.4 is 4.74 Å². The molecule has 1 aromatic heterocycles. The molecule has 1 amide bonds. The minimum absolute atomic E-state index is 0.132. The fourth-order valence-corrected chi connectivity index (χ4v) is 4.42. The largest absolute Gasteiger partial charge is 0.493 e. The van der Waals surface area contributed by atoms with Crippen molar-refractivity contribution in [1.82, 2.24) is 9.88 Å². The van der Waals surface area contributed by atoms with E-state index in [1.165, 1.54) is 7.11 Å². The van der Waals surface area contributed by atoms with Crippen LogP contribution in [0.4, 0.5) is 13.2 Å². The van der Waals surface area contributed by atoms with E-state index in [2.05, 4.69) is 19.7 Å². The molecule has 2 aromatic rings. The Hall–Kier alpha value is -3.83. The normalized spacial score (nSPS) is 15.2. The summed E-state index contributed by atoms with van der Waals surface area (Å²) in [4.78, 5) is 32.7. The van der Waals surface area contributed by atoms with Crippen LogP contribution in [0.15, 0.2) is 41.5 Å². The van der Waals surface area contributed by atoms with Crippen molar-refractivity contribution in [2.75, 3.05) is 40.0 Å². The number of halogens is 3. The molecule has 1 aliphatic heterocycles. The Morgan fingerprint density at radius 3 is 2.65 bits per heavy atom. The molecule has 10 nitrogen and oxygen atoms in total. The molecule has 0 saturated heterocycles. The van der Waals surface area contributed by atoms with Crippen molar-refractivity contribution in [2.24, 2.45) is 11.0 Å². The molecular weight excluding hydrogens is 531 g/mol. The molecule has 0 saturated carbocycles. The number of carbonyl (C=O) groups excluding carboxylic acids is 2. The highest BCUT2D eigenvalue weighted by Crippen LogP contribution is 2.30. The van der Waals surface area contributed by atoms with E-state index in [-0.39, 0.29) is 19.4 Å². The minimum Gasteiger partial charge on any atom is -0.493 e. The van der Waals surface area contributed by atoms with Gasteiger partial charge in [-0.15, -0.1) is 0 Å². The Balaban J connectivity index is 1.59. The standard InChI is InChI=1S/C27H32F3N5O5/c1-38-25(36)16-20-14-19-7-8-24(15-21(19)17-35(26(20)37)18-27(28,29)30)40-12-9-23-5-2-4-22(33-23)6-3-11-39-13-10-32-34-31/h2,4-5,7-8,15,20H,3,6,9-14,16-18H2,1H3/t20-/m0/s1. The summed E-state index contributed by atoms with van der Waals surface area (Å²) < 4.78 is 55.6. The lowest BCUT2D eigenvalue weighted by Crippen LogP contribution is -2.41. The molecule has 0 unspecified atom stereocenters. The number of hydrogen-bond acceptors (Lipinski definition) is 7. The smallest absolute Gasteiger partial charge is 0.406 e. The van der Waals surface area contributed by atoms with Crippen LogP contribution >= 0.6 is 0 Å². The maximum absolute atomic E-state index is 13.2. The molecule has 1 atom stereocenters. The Labute approximate surface area is 230 Å². The molecule has 1 aliphatic rings. The van der Waals surface area contributed by atoms with E-state index >= 15 is 0 Å². The Morgan fingerprint density at radius 1 is 1.15 bits per heavy atom. The SMILES string of the molecule is COC(=O)C[C@@H]1Cc2ccc(OCCc3cccc(CCCOCCN=[N+]=[N-])n3)cc2CN(CC(F)(F)F)C1=O. The molecule has 0 fully saturated rings. The Morgan fingerprint density at radius 2 is 1.93 bits per heavy atom. The fraction of sp³-hybridized carbons (Fsp3) is 0.519. The lowest BCUT2D eigenvalue weighted by atomic mass is 9.94. The van der Waals surface area contributed by atoms with Gasteiger partial charge < -0.3 is 19.1 Å². The summed E-state index contributed by atoms with van der Waals surface area (Å²) in [5.41, 5.74) is 11.2. The van der Waals surface area contributed by atoms with Gasteiger partial charge >= 0.3 is 12.1 Å². The number of amides is 1. The summed E-state index contributed by atoms with van der Waals surface area (Å²) in [6.07, 6.45) is -2.72. The number of aromatic nitrogens is 1. The number of rotatable bonds is 14. The van der Waals surface area contributed by atoms with Gasteiger partial charge in [-0.25, -0.2) is 0 Å². The molecule has 13 heteroatoms. The number of methoxy groups -OCH3 is 1. The molecule has 40 heavy (non-hydrogen) atoms. The number of pyridine rings is 1. The number of ether oxygens (including phenoxy) is 3. The molecule has 0 aliphatic carbocycles. The van der Waals surface area contributed by atoms with Crippen LogP contribution in [0.3, 0.4) is 0 Å². The van der Waals surface area contributed by atoms with Crippen molar-refractivity contribution in [2.45, 2.75) is 44.8 Å². The quantitative estimate of drug-likeness (QED) is 0.109. The number of alkyl halides is 3. The highest BCUT2D eigenvalue weighted by Gasteiger charge is 2.38. The molecule has 0 N–H and O–H groups in total. The van der Waals surface area contributed by atoms with Crippen LogP contribution in [0.5, 0.6) is 5.75 Å². The van der Waals surface area contributed by atoms with Crippen molar-refractivity contribution in [3.8, 4) is 5.75 Å². The Bertz CT molecular complexity index is 1200. The van der Waals surface area contributed by atoms with E-state index in [1.807, 2.05) is 18.2 Å². The first kappa shape index (κ1) is 30.7.